The molecule has 0 saturated carbocycles. The highest BCUT2D eigenvalue weighted by molar-refractivity contribution is 5.98. The van der Waals surface area contributed by atoms with E-state index in [9.17, 15) is 4.79 Å². The average Bonchev–Trinajstić information content (AvgIpc) is 2.55. The Hall–Kier alpha value is -2.29. The molecule has 0 radical (unpaired) electrons. The summed E-state index contributed by atoms with van der Waals surface area (Å²) in [5, 5.41) is 3.01. The second-order valence-corrected chi connectivity index (χ2v) is 6.58. The van der Waals surface area contributed by atoms with E-state index in [2.05, 4.69) is 31.3 Å². The van der Waals surface area contributed by atoms with Crippen LogP contribution in [0.2, 0.25) is 0 Å². The first-order valence-corrected chi connectivity index (χ1v) is 7.90. The minimum Gasteiger partial charge on any atom is -0.497 e. The van der Waals surface area contributed by atoms with E-state index in [4.69, 9.17) is 4.74 Å². The quantitative estimate of drug-likeness (QED) is 0.866. The van der Waals surface area contributed by atoms with Crippen LogP contribution in [0.3, 0.4) is 0 Å². The van der Waals surface area contributed by atoms with Gasteiger partial charge in [-0.1, -0.05) is 38.1 Å². The predicted octanol–water partition coefficient (Wildman–Crippen LogP) is 4.73. The Morgan fingerprint density at radius 2 is 1.57 bits per heavy atom. The van der Waals surface area contributed by atoms with Crippen LogP contribution >= 0.6 is 0 Å². The summed E-state index contributed by atoms with van der Waals surface area (Å²) in [5.74, 6) is 1.24. The largest absolute Gasteiger partial charge is 0.497 e. The van der Waals surface area contributed by atoms with E-state index in [0.717, 1.165) is 17.0 Å². The molecule has 122 valence electrons. The van der Waals surface area contributed by atoms with Crippen molar-refractivity contribution in [2.24, 2.45) is 0 Å². The Kier molecular flexibility index (Phi) is 5.09. The van der Waals surface area contributed by atoms with Crippen molar-refractivity contribution in [1.82, 2.24) is 0 Å². The second-order valence-electron chi connectivity index (χ2n) is 6.58. The highest BCUT2D eigenvalue weighted by Crippen LogP contribution is 2.27. The Balaban J connectivity index is 2.14. The molecule has 0 atom stereocenters. The molecule has 3 nitrogen and oxygen atoms in total. The van der Waals surface area contributed by atoms with E-state index >= 15 is 0 Å². The topological polar surface area (TPSA) is 38.3 Å². The van der Waals surface area contributed by atoms with E-state index in [1.807, 2.05) is 50.2 Å². The Morgan fingerprint density at radius 3 is 2.04 bits per heavy atom. The Morgan fingerprint density at radius 1 is 1.00 bits per heavy atom. The maximum Gasteiger partial charge on any atom is 0.234 e. The van der Waals surface area contributed by atoms with Gasteiger partial charge in [-0.3, -0.25) is 4.79 Å². The molecule has 1 N–H and O–H groups in total. The lowest BCUT2D eigenvalue weighted by molar-refractivity contribution is -0.120. The molecule has 2 rings (SSSR count). The molecule has 0 heterocycles. The smallest absolute Gasteiger partial charge is 0.234 e. The zero-order valence-electron chi connectivity index (χ0n) is 14.5. The van der Waals surface area contributed by atoms with Crippen molar-refractivity contribution in [2.75, 3.05) is 12.4 Å². The second kappa shape index (κ2) is 6.86. The van der Waals surface area contributed by atoms with Gasteiger partial charge in [0.1, 0.15) is 5.75 Å². The number of ether oxygens (including phenoxy) is 1. The first-order chi connectivity index (χ1) is 10.8. The van der Waals surface area contributed by atoms with Crippen molar-refractivity contribution < 1.29 is 9.53 Å². The van der Waals surface area contributed by atoms with Crippen LogP contribution in [-0.4, -0.2) is 13.0 Å². The molecule has 0 aromatic heterocycles. The SMILES string of the molecule is COc1ccc(C(C)(C)C(=O)Nc2ccc(C(C)C)cc2)cc1. The van der Waals surface area contributed by atoms with Crippen molar-refractivity contribution >= 4 is 11.6 Å². The third-order valence-electron chi connectivity index (χ3n) is 4.21. The fourth-order valence-corrected chi connectivity index (χ4v) is 2.38. The molecule has 1 amide bonds. The minimum atomic E-state index is -0.622. The summed E-state index contributed by atoms with van der Waals surface area (Å²) in [5.41, 5.74) is 2.41. The number of amides is 1. The lowest BCUT2D eigenvalue weighted by Crippen LogP contribution is -2.34. The monoisotopic (exact) mass is 311 g/mol. The number of hydrogen-bond donors (Lipinski definition) is 1. The van der Waals surface area contributed by atoms with Gasteiger partial charge in [-0.15, -0.1) is 0 Å². The number of hydrogen-bond acceptors (Lipinski definition) is 2. The number of carbonyl (C=O) groups is 1. The maximum atomic E-state index is 12.7. The van der Waals surface area contributed by atoms with E-state index in [-0.39, 0.29) is 5.91 Å². The van der Waals surface area contributed by atoms with Crippen LogP contribution in [0.15, 0.2) is 48.5 Å². The normalized spacial score (nSPS) is 11.4. The van der Waals surface area contributed by atoms with Gasteiger partial charge >= 0.3 is 0 Å². The standard InChI is InChI=1S/C20H25NO2/c1-14(2)15-6-10-17(11-7-15)21-19(22)20(3,4)16-8-12-18(23-5)13-9-16/h6-14H,1-5H3,(H,21,22). The highest BCUT2D eigenvalue weighted by atomic mass is 16.5. The molecule has 0 aliphatic carbocycles. The summed E-state index contributed by atoms with van der Waals surface area (Å²) in [7, 11) is 1.63. The van der Waals surface area contributed by atoms with Gasteiger partial charge in [0.2, 0.25) is 5.91 Å². The molecule has 0 spiro atoms. The van der Waals surface area contributed by atoms with Crippen molar-refractivity contribution in [1.29, 1.82) is 0 Å². The van der Waals surface area contributed by atoms with E-state index < -0.39 is 5.41 Å². The first-order valence-electron chi connectivity index (χ1n) is 7.90. The fraction of sp³-hybridized carbons (Fsp3) is 0.350. The number of rotatable bonds is 5. The van der Waals surface area contributed by atoms with Crippen LogP contribution in [0.4, 0.5) is 5.69 Å². The summed E-state index contributed by atoms with van der Waals surface area (Å²) in [6, 6.07) is 15.6. The number of anilines is 1. The Labute approximate surface area is 138 Å². The average molecular weight is 311 g/mol. The van der Waals surface area contributed by atoms with E-state index in [1.165, 1.54) is 5.56 Å². The van der Waals surface area contributed by atoms with Crippen molar-refractivity contribution in [3.63, 3.8) is 0 Å². The highest BCUT2D eigenvalue weighted by Gasteiger charge is 2.29. The summed E-state index contributed by atoms with van der Waals surface area (Å²) in [6.45, 7) is 8.15. The zero-order chi connectivity index (χ0) is 17.0. The van der Waals surface area contributed by atoms with Gasteiger partial charge in [0.15, 0.2) is 0 Å². The van der Waals surface area contributed by atoms with Crippen LogP contribution in [0, 0.1) is 0 Å². The van der Waals surface area contributed by atoms with Gasteiger partial charge in [-0.05, 0) is 55.2 Å². The molecule has 2 aromatic rings. The van der Waals surface area contributed by atoms with E-state index in [0.29, 0.717) is 5.92 Å². The van der Waals surface area contributed by atoms with Gasteiger partial charge < -0.3 is 10.1 Å². The van der Waals surface area contributed by atoms with Gasteiger partial charge in [0.25, 0.3) is 0 Å². The minimum absolute atomic E-state index is 0.0278. The van der Waals surface area contributed by atoms with Crippen molar-refractivity contribution in [2.45, 2.75) is 39.0 Å². The Bertz CT molecular complexity index is 655. The third-order valence-corrected chi connectivity index (χ3v) is 4.21. The van der Waals surface area contributed by atoms with Gasteiger partial charge in [0, 0.05) is 5.69 Å². The molecule has 3 heteroatoms. The van der Waals surface area contributed by atoms with Gasteiger partial charge in [0.05, 0.1) is 12.5 Å². The molecule has 23 heavy (non-hydrogen) atoms. The van der Waals surface area contributed by atoms with Crippen LogP contribution in [0.1, 0.15) is 44.7 Å². The summed E-state index contributed by atoms with van der Waals surface area (Å²) >= 11 is 0. The lowest BCUT2D eigenvalue weighted by atomic mass is 9.83. The van der Waals surface area contributed by atoms with Crippen LogP contribution in [-0.2, 0) is 10.2 Å². The van der Waals surface area contributed by atoms with Crippen LogP contribution in [0.25, 0.3) is 0 Å². The molecule has 0 fully saturated rings. The molecular weight excluding hydrogens is 286 g/mol. The van der Waals surface area contributed by atoms with Crippen LogP contribution in [0.5, 0.6) is 5.75 Å². The lowest BCUT2D eigenvalue weighted by Gasteiger charge is -2.24. The molecule has 2 aromatic carbocycles. The van der Waals surface area contributed by atoms with Crippen LogP contribution < -0.4 is 10.1 Å². The molecule has 0 unspecified atom stereocenters. The molecule has 0 aliphatic rings. The number of methoxy groups -OCH3 is 1. The van der Waals surface area contributed by atoms with Gasteiger partial charge in [-0.2, -0.15) is 0 Å². The summed E-state index contributed by atoms with van der Waals surface area (Å²) < 4.78 is 5.17. The molecule has 0 bridgehead atoms. The zero-order valence-corrected chi connectivity index (χ0v) is 14.5. The molecular formula is C20H25NO2. The van der Waals surface area contributed by atoms with Gasteiger partial charge in [-0.25, -0.2) is 0 Å². The first kappa shape index (κ1) is 17.1. The van der Waals surface area contributed by atoms with Crippen molar-refractivity contribution in [3.8, 4) is 5.75 Å². The number of carbonyl (C=O) groups excluding carboxylic acids is 1. The summed E-state index contributed by atoms with van der Waals surface area (Å²) in [6.07, 6.45) is 0. The molecule has 0 aliphatic heterocycles. The maximum absolute atomic E-state index is 12.7. The molecule has 0 saturated heterocycles. The number of benzene rings is 2. The summed E-state index contributed by atoms with van der Waals surface area (Å²) in [4.78, 5) is 12.7. The third kappa shape index (κ3) is 3.92. The number of nitrogens with one attached hydrogen (secondary N) is 1. The predicted molar refractivity (Wildman–Crippen MR) is 95.2 cm³/mol. The fourth-order valence-electron chi connectivity index (χ4n) is 2.38. The van der Waals surface area contributed by atoms with Crippen molar-refractivity contribution in [3.05, 3.63) is 59.7 Å². The van der Waals surface area contributed by atoms with E-state index in [1.54, 1.807) is 7.11 Å².